The number of amides is 2. The van der Waals surface area contributed by atoms with Crippen LogP contribution in [-0.4, -0.2) is 11.8 Å². The summed E-state index contributed by atoms with van der Waals surface area (Å²) in [7, 11) is 0. The van der Waals surface area contributed by atoms with Gasteiger partial charge in [0.05, 0.1) is 0 Å². The van der Waals surface area contributed by atoms with Gasteiger partial charge in [-0.25, -0.2) is 0 Å². The van der Waals surface area contributed by atoms with Crippen LogP contribution in [0.2, 0.25) is 0 Å². The SMILES string of the molecule is CCc1ccc2c(c1)C(=O)NC(=O)CC2. The minimum Gasteiger partial charge on any atom is -0.292 e. The lowest BCUT2D eigenvalue weighted by Gasteiger charge is -2.05. The van der Waals surface area contributed by atoms with Gasteiger partial charge in [-0.2, -0.15) is 0 Å². The second-order valence-electron chi connectivity index (χ2n) is 3.72. The Morgan fingerprint density at radius 2 is 2.07 bits per heavy atom. The molecule has 0 saturated carbocycles. The second kappa shape index (κ2) is 3.85. The number of fused-ring (bicyclic) bond motifs is 1. The summed E-state index contributed by atoms with van der Waals surface area (Å²) in [5.74, 6) is -0.447. The van der Waals surface area contributed by atoms with Crippen LogP contribution in [0, 0.1) is 0 Å². The summed E-state index contributed by atoms with van der Waals surface area (Å²) in [5.41, 5.74) is 2.74. The highest BCUT2D eigenvalue weighted by Gasteiger charge is 2.19. The summed E-state index contributed by atoms with van der Waals surface area (Å²) in [6.45, 7) is 2.04. The highest BCUT2D eigenvalue weighted by Crippen LogP contribution is 2.17. The number of hydrogen-bond donors (Lipinski definition) is 1. The van der Waals surface area contributed by atoms with Crippen LogP contribution < -0.4 is 5.32 Å². The molecule has 0 atom stereocenters. The van der Waals surface area contributed by atoms with Crippen molar-refractivity contribution in [3.8, 4) is 0 Å². The molecule has 1 aromatic rings. The molecule has 0 aromatic heterocycles. The zero-order valence-corrected chi connectivity index (χ0v) is 8.67. The van der Waals surface area contributed by atoms with Crippen LogP contribution in [0.5, 0.6) is 0 Å². The van der Waals surface area contributed by atoms with Crippen molar-refractivity contribution >= 4 is 11.8 Å². The fourth-order valence-corrected chi connectivity index (χ4v) is 1.78. The molecule has 2 amide bonds. The summed E-state index contributed by atoms with van der Waals surface area (Å²) in [6.07, 6.45) is 1.94. The zero-order chi connectivity index (χ0) is 10.8. The van der Waals surface area contributed by atoms with Gasteiger partial charge in [0.1, 0.15) is 0 Å². The first-order chi connectivity index (χ1) is 7.20. The van der Waals surface area contributed by atoms with E-state index in [0.29, 0.717) is 18.4 Å². The summed E-state index contributed by atoms with van der Waals surface area (Å²) in [4.78, 5) is 22.8. The van der Waals surface area contributed by atoms with Crippen LogP contribution >= 0.6 is 0 Å². The van der Waals surface area contributed by atoms with Gasteiger partial charge in [-0.1, -0.05) is 19.1 Å². The minimum atomic E-state index is -0.261. The van der Waals surface area contributed by atoms with E-state index in [1.807, 2.05) is 25.1 Å². The molecule has 15 heavy (non-hydrogen) atoms. The molecule has 0 saturated heterocycles. The highest BCUT2D eigenvalue weighted by atomic mass is 16.2. The molecular formula is C12H13NO2. The fraction of sp³-hybridized carbons (Fsp3) is 0.333. The van der Waals surface area contributed by atoms with Gasteiger partial charge in [-0.3, -0.25) is 14.9 Å². The van der Waals surface area contributed by atoms with Crippen molar-refractivity contribution < 1.29 is 9.59 Å². The second-order valence-corrected chi connectivity index (χ2v) is 3.72. The first kappa shape index (κ1) is 9.90. The maximum Gasteiger partial charge on any atom is 0.258 e. The predicted molar refractivity (Wildman–Crippen MR) is 56.6 cm³/mol. The first-order valence-corrected chi connectivity index (χ1v) is 5.16. The van der Waals surface area contributed by atoms with Crippen LogP contribution in [0.4, 0.5) is 0 Å². The lowest BCUT2D eigenvalue weighted by molar-refractivity contribution is -0.119. The van der Waals surface area contributed by atoms with E-state index in [2.05, 4.69) is 5.32 Å². The predicted octanol–water partition coefficient (Wildman–Crippen LogP) is 1.45. The number of imide groups is 1. The number of hydrogen-bond acceptors (Lipinski definition) is 2. The topological polar surface area (TPSA) is 46.2 Å². The molecule has 3 heteroatoms. The monoisotopic (exact) mass is 203 g/mol. The molecule has 1 aliphatic heterocycles. The van der Waals surface area contributed by atoms with Crippen molar-refractivity contribution in [2.45, 2.75) is 26.2 Å². The Hall–Kier alpha value is -1.64. The molecule has 1 N–H and O–H groups in total. The number of aryl methyl sites for hydroxylation is 2. The van der Waals surface area contributed by atoms with E-state index in [0.717, 1.165) is 17.5 Å². The van der Waals surface area contributed by atoms with Crippen LogP contribution in [0.1, 0.15) is 34.8 Å². The van der Waals surface area contributed by atoms with Crippen molar-refractivity contribution in [2.24, 2.45) is 0 Å². The Morgan fingerprint density at radius 1 is 1.27 bits per heavy atom. The fourth-order valence-electron chi connectivity index (χ4n) is 1.78. The van der Waals surface area contributed by atoms with Crippen LogP contribution in [0.3, 0.4) is 0 Å². The summed E-state index contributed by atoms with van der Waals surface area (Å²) >= 11 is 0. The van der Waals surface area contributed by atoms with E-state index in [4.69, 9.17) is 0 Å². The molecule has 0 bridgehead atoms. The molecule has 3 nitrogen and oxygen atoms in total. The van der Waals surface area contributed by atoms with Crippen LogP contribution in [-0.2, 0) is 17.6 Å². The highest BCUT2D eigenvalue weighted by molar-refractivity contribution is 6.06. The maximum atomic E-state index is 11.7. The van der Waals surface area contributed by atoms with Crippen molar-refractivity contribution in [3.63, 3.8) is 0 Å². The maximum absolute atomic E-state index is 11.7. The molecule has 1 aliphatic rings. The number of benzene rings is 1. The minimum absolute atomic E-state index is 0.186. The van der Waals surface area contributed by atoms with E-state index >= 15 is 0 Å². The van der Waals surface area contributed by atoms with Crippen molar-refractivity contribution in [2.75, 3.05) is 0 Å². The number of nitrogens with one attached hydrogen (secondary N) is 1. The average Bonchev–Trinajstić information content (AvgIpc) is 2.38. The molecule has 1 aromatic carbocycles. The van der Waals surface area contributed by atoms with Gasteiger partial charge in [0, 0.05) is 12.0 Å². The van der Waals surface area contributed by atoms with E-state index in [9.17, 15) is 9.59 Å². The third-order valence-corrected chi connectivity index (χ3v) is 2.70. The standard InChI is InChI=1S/C12H13NO2/c1-2-8-3-4-9-5-6-11(14)13-12(15)10(9)7-8/h3-4,7H,2,5-6H2,1H3,(H,13,14,15). The molecule has 2 rings (SSSR count). The molecule has 78 valence electrons. The van der Waals surface area contributed by atoms with E-state index in [1.54, 1.807) is 0 Å². The van der Waals surface area contributed by atoms with Crippen molar-refractivity contribution in [1.82, 2.24) is 5.32 Å². The van der Waals surface area contributed by atoms with Gasteiger partial charge in [-0.05, 0) is 30.0 Å². The molecule has 0 spiro atoms. The van der Waals surface area contributed by atoms with E-state index < -0.39 is 0 Å². The first-order valence-electron chi connectivity index (χ1n) is 5.16. The van der Waals surface area contributed by atoms with Gasteiger partial charge in [-0.15, -0.1) is 0 Å². The smallest absolute Gasteiger partial charge is 0.258 e. The van der Waals surface area contributed by atoms with Crippen molar-refractivity contribution in [3.05, 3.63) is 34.9 Å². The quantitative estimate of drug-likeness (QED) is 0.702. The Morgan fingerprint density at radius 3 is 2.80 bits per heavy atom. The summed E-state index contributed by atoms with van der Waals surface area (Å²) < 4.78 is 0. The van der Waals surface area contributed by atoms with Crippen molar-refractivity contribution in [1.29, 1.82) is 0 Å². The molecule has 0 fully saturated rings. The van der Waals surface area contributed by atoms with Crippen LogP contribution in [0.25, 0.3) is 0 Å². The van der Waals surface area contributed by atoms with Gasteiger partial charge < -0.3 is 0 Å². The zero-order valence-electron chi connectivity index (χ0n) is 8.67. The Bertz CT molecular complexity index is 424. The lowest BCUT2D eigenvalue weighted by atomic mass is 10.00. The average molecular weight is 203 g/mol. The number of carbonyl (C=O) groups excluding carboxylic acids is 2. The number of carbonyl (C=O) groups is 2. The molecule has 0 unspecified atom stereocenters. The number of rotatable bonds is 1. The molecule has 0 radical (unpaired) electrons. The summed E-state index contributed by atoms with van der Waals surface area (Å²) in [6, 6.07) is 5.84. The Labute approximate surface area is 88.5 Å². The van der Waals surface area contributed by atoms with Gasteiger partial charge in [0.15, 0.2) is 0 Å². The summed E-state index contributed by atoms with van der Waals surface area (Å²) in [5, 5.41) is 2.37. The Kier molecular flexibility index (Phi) is 2.54. The van der Waals surface area contributed by atoms with Gasteiger partial charge in [0.2, 0.25) is 5.91 Å². The van der Waals surface area contributed by atoms with E-state index in [1.165, 1.54) is 0 Å². The lowest BCUT2D eigenvalue weighted by Crippen LogP contribution is -2.28. The van der Waals surface area contributed by atoms with Gasteiger partial charge >= 0.3 is 0 Å². The molecule has 1 heterocycles. The Balaban J connectivity index is 2.45. The molecular weight excluding hydrogens is 190 g/mol. The van der Waals surface area contributed by atoms with Crippen LogP contribution in [0.15, 0.2) is 18.2 Å². The molecule has 0 aliphatic carbocycles. The van der Waals surface area contributed by atoms with E-state index in [-0.39, 0.29) is 11.8 Å². The third-order valence-electron chi connectivity index (χ3n) is 2.70. The third kappa shape index (κ3) is 1.91. The normalized spacial score (nSPS) is 15.5. The largest absolute Gasteiger partial charge is 0.292 e. The van der Waals surface area contributed by atoms with Gasteiger partial charge in [0.25, 0.3) is 5.91 Å².